The lowest BCUT2D eigenvalue weighted by Crippen LogP contribution is -2.11. The van der Waals surface area contributed by atoms with Gasteiger partial charge < -0.3 is 0 Å². The van der Waals surface area contributed by atoms with Gasteiger partial charge in [-0.05, 0) is 0 Å². The van der Waals surface area contributed by atoms with Crippen molar-refractivity contribution in [2.45, 2.75) is 32.7 Å². The molecule has 0 atom stereocenters. The van der Waals surface area contributed by atoms with Gasteiger partial charge in [-0.2, -0.15) is 0 Å². The van der Waals surface area contributed by atoms with E-state index in [-0.39, 0.29) is 5.41 Å². The molecule has 0 saturated heterocycles. The molecule has 0 unspecified atom stereocenters. The molecule has 0 saturated carbocycles. The topological polar surface area (TPSA) is 30.7 Å². The van der Waals surface area contributed by atoms with Crippen molar-refractivity contribution in [3.63, 3.8) is 0 Å². The molecular formula is C9H13N3. The van der Waals surface area contributed by atoms with Crippen LogP contribution in [0.15, 0.2) is 6.20 Å². The molecule has 1 heterocycles. The van der Waals surface area contributed by atoms with Crippen molar-refractivity contribution in [1.29, 1.82) is 0 Å². The number of hydrogen-bond donors (Lipinski definition) is 0. The van der Waals surface area contributed by atoms with Gasteiger partial charge in [-0.1, -0.05) is 31.9 Å². The van der Waals surface area contributed by atoms with Crippen molar-refractivity contribution in [2.75, 3.05) is 0 Å². The van der Waals surface area contributed by atoms with Crippen LogP contribution in [0, 0.1) is 12.3 Å². The molecule has 0 aliphatic carbocycles. The summed E-state index contributed by atoms with van der Waals surface area (Å²) in [7, 11) is 0. The second-order valence-corrected chi connectivity index (χ2v) is 3.76. The van der Waals surface area contributed by atoms with Gasteiger partial charge in [0, 0.05) is 5.41 Å². The number of hydrogen-bond acceptors (Lipinski definition) is 2. The van der Waals surface area contributed by atoms with E-state index in [0.717, 1.165) is 5.69 Å². The first kappa shape index (κ1) is 8.79. The minimum Gasteiger partial charge on any atom is -0.240 e. The number of rotatable bonds is 1. The van der Waals surface area contributed by atoms with Crippen molar-refractivity contribution in [2.24, 2.45) is 0 Å². The maximum Gasteiger partial charge on any atom is 0.103 e. The predicted molar refractivity (Wildman–Crippen MR) is 47.6 cm³/mol. The highest BCUT2D eigenvalue weighted by Gasteiger charge is 2.17. The van der Waals surface area contributed by atoms with Crippen LogP contribution in [0.5, 0.6) is 0 Å². The summed E-state index contributed by atoms with van der Waals surface area (Å²) < 4.78 is 1.67. The fourth-order valence-corrected chi connectivity index (χ4v) is 0.813. The van der Waals surface area contributed by atoms with E-state index in [1.165, 1.54) is 0 Å². The third kappa shape index (κ3) is 1.85. The van der Waals surface area contributed by atoms with Crippen molar-refractivity contribution in [1.82, 2.24) is 15.0 Å². The minimum atomic E-state index is 0.0485. The van der Waals surface area contributed by atoms with Crippen LogP contribution in [0.4, 0.5) is 0 Å². The van der Waals surface area contributed by atoms with Gasteiger partial charge in [0.2, 0.25) is 0 Å². The van der Waals surface area contributed by atoms with Gasteiger partial charge in [0.1, 0.15) is 6.54 Å². The van der Waals surface area contributed by atoms with E-state index in [2.05, 4.69) is 37.0 Å². The SMILES string of the molecule is C#CCn1cc(C(C)(C)C)nn1. The predicted octanol–water partition coefficient (Wildman–Crippen LogP) is 1.21. The molecule has 1 rings (SSSR count). The molecule has 3 heteroatoms. The summed E-state index contributed by atoms with van der Waals surface area (Å²) in [5.41, 5.74) is 1.02. The van der Waals surface area contributed by atoms with Gasteiger partial charge in [-0.25, -0.2) is 4.68 Å². The van der Waals surface area contributed by atoms with Crippen LogP contribution in [0.25, 0.3) is 0 Å². The summed E-state index contributed by atoms with van der Waals surface area (Å²) in [6, 6.07) is 0. The van der Waals surface area contributed by atoms with Crippen LogP contribution in [-0.4, -0.2) is 15.0 Å². The molecule has 64 valence electrons. The Kier molecular flexibility index (Phi) is 2.18. The largest absolute Gasteiger partial charge is 0.240 e. The Hall–Kier alpha value is -1.30. The molecule has 0 aromatic carbocycles. The first-order valence-corrected chi connectivity index (χ1v) is 3.88. The van der Waals surface area contributed by atoms with Gasteiger partial charge in [0.15, 0.2) is 0 Å². The Morgan fingerprint density at radius 3 is 2.67 bits per heavy atom. The van der Waals surface area contributed by atoms with E-state index < -0.39 is 0 Å². The highest BCUT2D eigenvalue weighted by atomic mass is 15.4. The second kappa shape index (κ2) is 2.98. The van der Waals surface area contributed by atoms with Crippen LogP contribution < -0.4 is 0 Å². The smallest absolute Gasteiger partial charge is 0.103 e. The first-order chi connectivity index (χ1) is 5.54. The molecule has 0 spiro atoms. The van der Waals surface area contributed by atoms with E-state index in [1.54, 1.807) is 4.68 Å². The summed E-state index contributed by atoms with van der Waals surface area (Å²) in [6.07, 6.45) is 7.03. The third-order valence-corrected chi connectivity index (χ3v) is 1.56. The van der Waals surface area contributed by atoms with Crippen LogP contribution in [0.3, 0.4) is 0 Å². The van der Waals surface area contributed by atoms with E-state index in [0.29, 0.717) is 6.54 Å². The maximum absolute atomic E-state index is 5.14. The summed E-state index contributed by atoms with van der Waals surface area (Å²) >= 11 is 0. The normalized spacial score (nSPS) is 11.2. The quantitative estimate of drug-likeness (QED) is 0.582. The second-order valence-electron chi connectivity index (χ2n) is 3.76. The Morgan fingerprint density at radius 2 is 2.25 bits per heavy atom. The summed E-state index contributed by atoms with van der Waals surface area (Å²) in [5.74, 6) is 2.51. The van der Waals surface area contributed by atoms with E-state index in [1.807, 2.05) is 6.20 Å². The van der Waals surface area contributed by atoms with Gasteiger partial charge in [0.05, 0.1) is 11.9 Å². The molecule has 0 aliphatic heterocycles. The lowest BCUT2D eigenvalue weighted by atomic mass is 9.93. The Labute approximate surface area is 72.8 Å². The summed E-state index contributed by atoms with van der Waals surface area (Å²) in [6.45, 7) is 6.77. The zero-order valence-electron chi connectivity index (χ0n) is 7.70. The van der Waals surface area contributed by atoms with Gasteiger partial charge in [-0.15, -0.1) is 11.5 Å². The Bertz CT molecular complexity index is 298. The summed E-state index contributed by atoms with van der Waals surface area (Å²) in [4.78, 5) is 0. The van der Waals surface area contributed by atoms with Crippen LogP contribution in [0.1, 0.15) is 26.5 Å². The zero-order valence-corrected chi connectivity index (χ0v) is 7.70. The van der Waals surface area contributed by atoms with Crippen molar-refractivity contribution < 1.29 is 0 Å². The maximum atomic E-state index is 5.14. The molecule has 0 radical (unpaired) electrons. The van der Waals surface area contributed by atoms with E-state index in [9.17, 15) is 0 Å². The fraction of sp³-hybridized carbons (Fsp3) is 0.556. The van der Waals surface area contributed by atoms with Gasteiger partial charge in [0.25, 0.3) is 0 Å². The van der Waals surface area contributed by atoms with Crippen LogP contribution in [-0.2, 0) is 12.0 Å². The number of nitrogens with zero attached hydrogens (tertiary/aromatic N) is 3. The van der Waals surface area contributed by atoms with Crippen molar-refractivity contribution >= 4 is 0 Å². The zero-order chi connectivity index (χ0) is 9.19. The van der Waals surface area contributed by atoms with Gasteiger partial charge in [-0.3, -0.25) is 0 Å². The molecule has 0 fully saturated rings. The molecule has 0 N–H and O–H groups in total. The first-order valence-electron chi connectivity index (χ1n) is 3.88. The van der Waals surface area contributed by atoms with Crippen molar-refractivity contribution in [3.8, 4) is 12.3 Å². The fourth-order valence-electron chi connectivity index (χ4n) is 0.813. The Balaban J connectivity index is 2.86. The number of aromatic nitrogens is 3. The Morgan fingerprint density at radius 1 is 1.58 bits per heavy atom. The molecule has 0 aliphatic rings. The number of terminal acetylenes is 1. The molecular weight excluding hydrogens is 150 g/mol. The lowest BCUT2D eigenvalue weighted by molar-refractivity contribution is 0.566. The highest BCUT2D eigenvalue weighted by molar-refractivity contribution is 5.06. The van der Waals surface area contributed by atoms with Crippen LogP contribution >= 0.6 is 0 Å². The standard InChI is InChI=1S/C9H13N3/c1-5-6-12-7-8(10-11-12)9(2,3)4/h1,7H,6H2,2-4H3. The lowest BCUT2D eigenvalue weighted by Gasteiger charge is -2.12. The monoisotopic (exact) mass is 163 g/mol. The average molecular weight is 163 g/mol. The van der Waals surface area contributed by atoms with E-state index >= 15 is 0 Å². The van der Waals surface area contributed by atoms with Crippen molar-refractivity contribution in [3.05, 3.63) is 11.9 Å². The average Bonchev–Trinajstić information content (AvgIpc) is 2.35. The third-order valence-electron chi connectivity index (χ3n) is 1.56. The minimum absolute atomic E-state index is 0.0485. The molecule has 12 heavy (non-hydrogen) atoms. The van der Waals surface area contributed by atoms with Gasteiger partial charge >= 0.3 is 0 Å². The molecule has 3 nitrogen and oxygen atoms in total. The highest BCUT2D eigenvalue weighted by Crippen LogP contribution is 2.18. The molecule has 0 amide bonds. The van der Waals surface area contributed by atoms with Crippen LogP contribution in [0.2, 0.25) is 0 Å². The van der Waals surface area contributed by atoms with E-state index in [4.69, 9.17) is 6.42 Å². The molecule has 1 aromatic rings. The molecule has 0 bridgehead atoms. The summed E-state index contributed by atoms with van der Waals surface area (Å²) in [5, 5.41) is 7.92. The molecule has 1 aromatic heterocycles.